The quantitative estimate of drug-likeness (QED) is 0.0972. The normalized spacial score (nSPS) is 17.4. The van der Waals surface area contributed by atoms with Crippen LogP contribution in [0.25, 0.3) is 11.1 Å². The van der Waals surface area contributed by atoms with Gasteiger partial charge >= 0.3 is 0 Å². The number of nitrogens with one attached hydrogen (secondary N) is 1. The minimum atomic E-state index is -1.15. The molecule has 2 aromatic carbocycles. The lowest BCUT2D eigenvalue weighted by Gasteiger charge is -2.32. The van der Waals surface area contributed by atoms with Gasteiger partial charge in [0.2, 0.25) is 11.8 Å². The number of nitrogens with two attached hydrogens (primary N) is 3. The summed E-state index contributed by atoms with van der Waals surface area (Å²) in [5, 5.41) is 12.0. The first-order valence-corrected chi connectivity index (χ1v) is 21.1. The van der Waals surface area contributed by atoms with Gasteiger partial charge in [0.05, 0.1) is 12.1 Å². The Balaban J connectivity index is 2.08. The third-order valence-corrected chi connectivity index (χ3v) is 10.7. The second-order valence-corrected chi connectivity index (χ2v) is 15.4. The molecule has 2 amide bonds. The van der Waals surface area contributed by atoms with Gasteiger partial charge in [0.25, 0.3) is 0 Å². The second kappa shape index (κ2) is 25.7. The second-order valence-electron chi connectivity index (χ2n) is 15.4. The van der Waals surface area contributed by atoms with Crippen molar-refractivity contribution in [3.63, 3.8) is 0 Å². The summed E-state index contributed by atoms with van der Waals surface area (Å²) in [6.45, 7) is 4.85. The molecule has 0 saturated heterocycles. The molecule has 0 saturated carbocycles. The number of likely N-dealkylation sites (N-methyl/N-ethyl adjacent to an activating group) is 1. The molecule has 1 heterocycles. The molecule has 4 bridgehead atoms. The minimum Gasteiger partial charge on any atom is -0.492 e. The molecule has 2 aromatic rings. The Hall–Kier alpha value is -4.64. The van der Waals surface area contributed by atoms with Gasteiger partial charge in [-0.15, -0.1) is 0 Å². The van der Waals surface area contributed by atoms with E-state index in [0.717, 1.165) is 25.7 Å². The number of fused-ring (bicyclic) bond motifs is 5. The standard InChI is InChI=1S/C45H66N6O7/c1-4-5-6-7-8-9-10-11-13-35(52)29-34(19-21-47)45(56)51(3)43-33-16-18-42(58-25-23-49)37(30-33)36-27-32(15-17-41(36)57-24-22-48)28-38(39(53)14-12-20-46)50-44(55)31(2)26-40(43)54/h15-18,27,30-31,34,38,43H,4-14,19,21-26,28-29,47-49H2,1-3H3,(H,50,55)/t31-,34-,38+,43+/m1/s1. The van der Waals surface area contributed by atoms with Gasteiger partial charge in [0.15, 0.2) is 11.6 Å². The molecule has 58 heavy (non-hydrogen) atoms. The number of nitriles is 1. The molecule has 13 heteroatoms. The van der Waals surface area contributed by atoms with E-state index in [1.165, 1.54) is 30.6 Å². The van der Waals surface area contributed by atoms with Crippen molar-refractivity contribution in [2.24, 2.45) is 29.0 Å². The Labute approximate surface area is 344 Å². The van der Waals surface area contributed by atoms with E-state index < -0.39 is 41.5 Å². The average Bonchev–Trinajstić information content (AvgIpc) is 3.21. The molecule has 0 unspecified atom stereocenters. The first-order chi connectivity index (χ1) is 28.0. The smallest absolute Gasteiger partial charge is 0.226 e. The maximum Gasteiger partial charge on any atom is 0.226 e. The summed E-state index contributed by atoms with van der Waals surface area (Å²) in [6.07, 6.45) is 9.29. The average molecular weight is 803 g/mol. The fraction of sp³-hybridized carbons (Fsp3) is 0.600. The lowest BCUT2D eigenvalue weighted by molar-refractivity contribution is -0.143. The van der Waals surface area contributed by atoms with Crippen LogP contribution in [0.4, 0.5) is 0 Å². The number of unbranched alkanes of at least 4 members (excludes halogenated alkanes) is 7. The number of amides is 2. The van der Waals surface area contributed by atoms with E-state index in [4.69, 9.17) is 26.7 Å². The Kier molecular flexibility index (Phi) is 21.1. The highest BCUT2D eigenvalue weighted by atomic mass is 16.5. The van der Waals surface area contributed by atoms with E-state index in [9.17, 15) is 29.2 Å². The monoisotopic (exact) mass is 802 g/mol. The van der Waals surface area contributed by atoms with E-state index in [-0.39, 0.29) is 82.9 Å². The van der Waals surface area contributed by atoms with Gasteiger partial charge in [-0.05, 0) is 61.2 Å². The number of benzene rings is 2. The van der Waals surface area contributed by atoms with Crippen LogP contribution in [-0.2, 0) is 30.4 Å². The maximum atomic E-state index is 14.5. The van der Waals surface area contributed by atoms with E-state index in [1.807, 2.05) is 12.1 Å². The molecule has 0 aromatic heterocycles. The first kappa shape index (κ1) is 47.7. The van der Waals surface area contributed by atoms with Crippen molar-refractivity contribution in [1.29, 1.82) is 5.26 Å². The highest BCUT2D eigenvalue weighted by Crippen LogP contribution is 2.41. The summed E-state index contributed by atoms with van der Waals surface area (Å²) in [5.41, 5.74) is 19.9. The highest BCUT2D eigenvalue weighted by molar-refractivity contribution is 5.96. The van der Waals surface area contributed by atoms with Crippen molar-refractivity contribution in [2.45, 2.75) is 122 Å². The molecule has 7 N–H and O–H groups in total. The SMILES string of the molecule is CCCCCCCCCCC(=O)C[C@@H](CCN)C(=O)N(C)[C@@H]1C(=O)C[C@@H](C)C(=O)N[C@H](C(=O)CCC#N)Cc2ccc(OCCN)c(c2)-c2cc1ccc2OCCN. The lowest BCUT2D eigenvalue weighted by atomic mass is 9.88. The molecule has 3 rings (SSSR count). The van der Waals surface area contributed by atoms with Crippen molar-refractivity contribution < 1.29 is 33.4 Å². The van der Waals surface area contributed by atoms with Gasteiger partial charge < -0.3 is 36.9 Å². The summed E-state index contributed by atoms with van der Waals surface area (Å²) in [4.78, 5) is 70.6. The number of ketones is 3. The molecule has 318 valence electrons. The molecule has 0 radical (unpaired) electrons. The van der Waals surface area contributed by atoms with Crippen LogP contribution in [0.1, 0.15) is 121 Å². The van der Waals surface area contributed by atoms with Crippen molar-refractivity contribution in [3.8, 4) is 28.7 Å². The molecule has 0 aliphatic carbocycles. The van der Waals surface area contributed by atoms with Gasteiger partial charge in [0, 0.05) is 75.2 Å². The highest BCUT2D eigenvalue weighted by Gasteiger charge is 2.36. The minimum absolute atomic E-state index is 0.0109. The molecule has 0 fully saturated rings. The summed E-state index contributed by atoms with van der Waals surface area (Å²) < 4.78 is 12.2. The molecular weight excluding hydrogens is 737 g/mol. The Morgan fingerprint density at radius 2 is 1.48 bits per heavy atom. The van der Waals surface area contributed by atoms with Gasteiger partial charge in [-0.3, -0.25) is 24.0 Å². The maximum absolute atomic E-state index is 14.5. The summed E-state index contributed by atoms with van der Waals surface area (Å²) in [5.74, 6) is -2.32. The van der Waals surface area contributed by atoms with Crippen LogP contribution in [0.3, 0.4) is 0 Å². The van der Waals surface area contributed by atoms with Crippen LogP contribution in [0.2, 0.25) is 0 Å². The number of hydrogen-bond donors (Lipinski definition) is 4. The predicted octanol–water partition coefficient (Wildman–Crippen LogP) is 5.49. The number of ether oxygens (including phenoxy) is 2. The van der Waals surface area contributed by atoms with Crippen LogP contribution in [0.15, 0.2) is 36.4 Å². The van der Waals surface area contributed by atoms with E-state index in [0.29, 0.717) is 40.2 Å². The topological polar surface area (TPSA) is 221 Å². The van der Waals surface area contributed by atoms with E-state index >= 15 is 0 Å². The Morgan fingerprint density at radius 1 is 0.862 bits per heavy atom. The van der Waals surface area contributed by atoms with Crippen molar-refractivity contribution in [3.05, 3.63) is 47.5 Å². The lowest BCUT2D eigenvalue weighted by Crippen LogP contribution is -2.46. The van der Waals surface area contributed by atoms with E-state index in [2.05, 4.69) is 12.2 Å². The van der Waals surface area contributed by atoms with Crippen LogP contribution in [-0.4, -0.2) is 80.0 Å². The molecule has 1 aliphatic rings. The van der Waals surface area contributed by atoms with Gasteiger partial charge in [-0.1, -0.05) is 70.9 Å². The predicted molar refractivity (Wildman–Crippen MR) is 225 cm³/mol. The number of hydrogen-bond acceptors (Lipinski definition) is 11. The van der Waals surface area contributed by atoms with Crippen molar-refractivity contribution in [1.82, 2.24) is 10.2 Å². The van der Waals surface area contributed by atoms with Crippen molar-refractivity contribution >= 4 is 29.2 Å². The number of carbonyl (C=O) groups is 5. The fourth-order valence-electron chi connectivity index (χ4n) is 7.47. The molecular formula is C45H66N6O7. The third kappa shape index (κ3) is 14.6. The zero-order valence-corrected chi connectivity index (χ0v) is 34.9. The van der Waals surface area contributed by atoms with Gasteiger partial charge in [0.1, 0.15) is 36.5 Å². The molecule has 4 atom stereocenters. The fourth-order valence-corrected chi connectivity index (χ4v) is 7.47. The number of rotatable bonds is 24. The number of Topliss-reactive ketones (excluding diaryl/α,β-unsaturated/α-hetero) is 3. The number of carbonyl (C=O) groups excluding carboxylic acids is 5. The van der Waals surface area contributed by atoms with Gasteiger partial charge in [-0.2, -0.15) is 5.26 Å². The first-order valence-electron chi connectivity index (χ1n) is 21.1. The van der Waals surface area contributed by atoms with Gasteiger partial charge in [-0.25, -0.2) is 0 Å². The molecule has 1 aliphatic heterocycles. The Morgan fingerprint density at radius 3 is 2.10 bits per heavy atom. The molecule has 13 nitrogen and oxygen atoms in total. The van der Waals surface area contributed by atoms with Crippen molar-refractivity contribution in [2.75, 3.05) is 39.9 Å². The Bertz CT molecular complexity index is 1710. The van der Waals surface area contributed by atoms with Crippen LogP contribution >= 0.6 is 0 Å². The largest absolute Gasteiger partial charge is 0.492 e. The van der Waals surface area contributed by atoms with Crippen LogP contribution < -0.4 is 32.0 Å². The molecule has 0 spiro atoms. The van der Waals surface area contributed by atoms with E-state index in [1.54, 1.807) is 44.3 Å². The summed E-state index contributed by atoms with van der Waals surface area (Å²) in [6, 6.07) is 10.5. The zero-order chi connectivity index (χ0) is 42.5. The number of nitrogens with zero attached hydrogens (tertiary/aromatic N) is 2. The summed E-state index contributed by atoms with van der Waals surface area (Å²) >= 11 is 0. The van der Waals surface area contributed by atoms with Crippen LogP contribution in [0, 0.1) is 23.2 Å². The summed E-state index contributed by atoms with van der Waals surface area (Å²) in [7, 11) is 1.55. The van der Waals surface area contributed by atoms with Crippen LogP contribution in [0.5, 0.6) is 11.5 Å². The zero-order valence-electron chi connectivity index (χ0n) is 34.9. The third-order valence-electron chi connectivity index (χ3n) is 10.7.